The molecule has 1 atom stereocenters. The fourth-order valence-electron chi connectivity index (χ4n) is 1.87. The second-order valence-corrected chi connectivity index (χ2v) is 4.74. The second kappa shape index (κ2) is 6.18. The monoisotopic (exact) mass is 313 g/mol. The normalized spacial score (nSPS) is 13.0. The standard InChI is InChI=1S/C14H14F3N3O2/c1-19(9-12(21)14(15,16)17)13(22)10-4-2-5-11(8-10)20-7-3-6-18-20/h2-8,12,21H,9H2,1H3. The summed E-state index contributed by atoms with van der Waals surface area (Å²) in [6, 6.07) is 8.05. The largest absolute Gasteiger partial charge is 0.416 e. The van der Waals surface area contributed by atoms with Crippen LogP contribution in [0, 0.1) is 0 Å². The molecular weight excluding hydrogens is 299 g/mol. The highest BCUT2D eigenvalue weighted by Gasteiger charge is 2.39. The topological polar surface area (TPSA) is 58.4 Å². The Morgan fingerprint density at radius 3 is 2.73 bits per heavy atom. The summed E-state index contributed by atoms with van der Waals surface area (Å²) >= 11 is 0. The van der Waals surface area contributed by atoms with Gasteiger partial charge in [0.05, 0.1) is 12.2 Å². The molecule has 1 unspecified atom stereocenters. The van der Waals surface area contributed by atoms with Crippen LogP contribution in [0.1, 0.15) is 10.4 Å². The van der Waals surface area contributed by atoms with Gasteiger partial charge in [-0.25, -0.2) is 4.68 Å². The van der Waals surface area contributed by atoms with Crippen LogP contribution < -0.4 is 0 Å². The minimum absolute atomic E-state index is 0.213. The maximum Gasteiger partial charge on any atom is 0.416 e. The van der Waals surface area contributed by atoms with Crippen LogP contribution in [0.15, 0.2) is 42.7 Å². The number of benzene rings is 1. The van der Waals surface area contributed by atoms with Crippen LogP contribution in [0.25, 0.3) is 5.69 Å². The number of aliphatic hydroxyl groups is 1. The highest BCUT2D eigenvalue weighted by Crippen LogP contribution is 2.21. The number of halogens is 3. The molecule has 8 heteroatoms. The summed E-state index contributed by atoms with van der Waals surface area (Å²) in [5.41, 5.74) is 0.825. The van der Waals surface area contributed by atoms with Gasteiger partial charge in [0.15, 0.2) is 6.10 Å². The van der Waals surface area contributed by atoms with Gasteiger partial charge in [0.25, 0.3) is 5.91 Å². The Balaban J connectivity index is 2.14. The summed E-state index contributed by atoms with van der Waals surface area (Å²) < 4.78 is 38.5. The highest BCUT2D eigenvalue weighted by molar-refractivity contribution is 5.94. The van der Waals surface area contributed by atoms with Crippen molar-refractivity contribution < 1.29 is 23.1 Å². The summed E-state index contributed by atoms with van der Waals surface area (Å²) in [7, 11) is 1.21. The first-order valence-electron chi connectivity index (χ1n) is 6.39. The van der Waals surface area contributed by atoms with Crippen molar-refractivity contribution in [3.8, 4) is 5.69 Å². The number of aromatic nitrogens is 2. The Morgan fingerprint density at radius 1 is 1.41 bits per heavy atom. The van der Waals surface area contributed by atoms with Crippen LogP contribution in [0.5, 0.6) is 0 Å². The van der Waals surface area contributed by atoms with Gasteiger partial charge in [-0.2, -0.15) is 18.3 Å². The van der Waals surface area contributed by atoms with E-state index in [1.807, 2.05) is 0 Å². The maximum atomic E-state index is 12.3. The summed E-state index contributed by atoms with van der Waals surface area (Å²) in [5.74, 6) is -0.614. The number of hydrogen-bond donors (Lipinski definition) is 1. The Labute approximate surface area is 124 Å². The third-order valence-electron chi connectivity index (χ3n) is 3.03. The van der Waals surface area contributed by atoms with Crippen molar-refractivity contribution in [3.05, 3.63) is 48.3 Å². The molecule has 2 aromatic rings. The van der Waals surface area contributed by atoms with E-state index in [1.165, 1.54) is 23.9 Å². The number of rotatable bonds is 4. The molecule has 1 aromatic carbocycles. The molecule has 5 nitrogen and oxygen atoms in total. The zero-order valence-corrected chi connectivity index (χ0v) is 11.7. The predicted octanol–water partition coefficient (Wildman–Crippen LogP) is 1.87. The van der Waals surface area contributed by atoms with Gasteiger partial charge in [0.2, 0.25) is 0 Å². The van der Waals surface area contributed by atoms with Gasteiger partial charge in [0.1, 0.15) is 0 Å². The molecule has 22 heavy (non-hydrogen) atoms. The molecule has 0 fully saturated rings. The van der Waals surface area contributed by atoms with Gasteiger partial charge in [-0.1, -0.05) is 6.07 Å². The molecule has 0 aliphatic heterocycles. The molecule has 0 saturated carbocycles. The summed E-state index contributed by atoms with van der Waals surface area (Å²) in [6.07, 6.45) is -4.08. The van der Waals surface area contributed by atoms with Gasteiger partial charge < -0.3 is 10.0 Å². The number of alkyl halides is 3. The molecule has 2 rings (SSSR count). The third kappa shape index (κ3) is 3.64. The number of carbonyl (C=O) groups is 1. The quantitative estimate of drug-likeness (QED) is 0.937. The van der Waals surface area contributed by atoms with E-state index in [-0.39, 0.29) is 5.56 Å². The lowest BCUT2D eigenvalue weighted by atomic mass is 10.1. The van der Waals surface area contributed by atoms with Gasteiger partial charge >= 0.3 is 6.18 Å². The highest BCUT2D eigenvalue weighted by atomic mass is 19.4. The predicted molar refractivity (Wildman–Crippen MR) is 72.6 cm³/mol. The SMILES string of the molecule is CN(CC(O)C(F)(F)F)C(=O)c1cccc(-n2cccn2)c1. The third-order valence-corrected chi connectivity index (χ3v) is 3.03. The first-order chi connectivity index (χ1) is 10.3. The Morgan fingerprint density at radius 2 is 2.14 bits per heavy atom. The average Bonchev–Trinajstić information content (AvgIpc) is 2.99. The molecule has 0 bridgehead atoms. The van der Waals surface area contributed by atoms with Gasteiger partial charge in [0, 0.05) is 25.0 Å². The Hall–Kier alpha value is -2.35. The lowest BCUT2D eigenvalue weighted by Crippen LogP contribution is -2.41. The lowest BCUT2D eigenvalue weighted by molar-refractivity contribution is -0.205. The van der Waals surface area contributed by atoms with E-state index >= 15 is 0 Å². The summed E-state index contributed by atoms with van der Waals surface area (Å²) in [4.78, 5) is 13.0. The van der Waals surface area contributed by atoms with E-state index in [4.69, 9.17) is 5.11 Å². The van der Waals surface area contributed by atoms with Gasteiger partial charge in [-0.05, 0) is 24.3 Å². The molecule has 0 spiro atoms. The van der Waals surface area contributed by atoms with Crippen LogP contribution in [0.3, 0.4) is 0 Å². The Bertz CT molecular complexity index is 641. The van der Waals surface area contributed by atoms with Gasteiger partial charge in [-0.3, -0.25) is 4.79 Å². The van der Waals surface area contributed by atoms with E-state index in [1.54, 1.807) is 30.6 Å². The zero-order chi connectivity index (χ0) is 16.3. The molecule has 0 aliphatic rings. The molecular formula is C14H14F3N3O2. The molecule has 0 saturated heterocycles. The summed E-state index contributed by atoms with van der Waals surface area (Å²) in [6.45, 7) is -0.825. The Kier molecular flexibility index (Phi) is 4.51. The molecule has 0 aliphatic carbocycles. The van der Waals surface area contributed by atoms with E-state index in [9.17, 15) is 18.0 Å². The van der Waals surface area contributed by atoms with Crippen molar-refractivity contribution in [2.45, 2.75) is 12.3 Å². The van der Waals surface area contributed by atoms with Crippen LogP contribution in [-0.2, 0) is 0 Å². The summed E-state index contributed by atoms with van der Waals surface area (Å²) in [5, 5.41) is 13.0. The van der Waals surface area contributed by atoms with Crippen molar-refractivity contribution in [2.24, 2.45) is 0 Å². The first-order valence-corrected chi connectivity index (χ1v) is 6.39. The van der Waals surface area contributed by atoms with E-state index in [0.717, 1.165) is 4.90 Å². The maximum absolute atomic E-state index is 12.3. The van der Waals surface area contributed by atoms with E-state index in [0.29, 0.717) is 5.69 Å². The van der Waals surface area contributed by atoms with Crippen LogP contribution in [0.2, 0.25) is 0 Å². The van der Waals surface area contributed by atoms with Crippen molar-refractivity contribution in [1.82, 2.24) is 14.7 Å². The number of likely N-dealkylation sites (N-methyl/N-ethyl adjacent to an activating group) is 1. The number of aliphatic hydroxyl groups excluding tert-OH is 1. The smallest absolute Gasteiger partial charge is 0.382 e. The minimum Gasteiger partial charge on any atom is -0.382 e. The van der Waals surface area contributed by atoms with Gasteiger partial charge in [-0.15, -0.1) is 0 Å². The van der Waals surface area contributed by atoms with Crippen LogP contribution >= 0.6 is 0 Å². The molecule has 1 aromatic heterocycles. The molecule has 1 amide bonds. The lowest BCUT2D eigenvalue weighted by Gasteiger charge is -2.22. The average molecular weight is 313 g/mol. The van der Waals surface area contributed by atoms with Crippen LogP contribution in [0.4, 0.5) is 13.2 Å². The molecule has 1 N–H and O–H groups in total. The van der Waals surface area contributed by atoms with Crippen molar-refractivity contribution in [2.75, 3.05) is 13.6 Å². The van der Waals surface area contributed by atoms with E-state index in [2.05, 4.69) is 5.10 Å². The van der Waals surface area contributed by atoms with Crippen molar-refractivity contribution in [3.63, 3.8) is 0 Å². The minimum atomic E-state index is -4.76. The van der Waals surface area contributed by atoms with E-state index < -0.39 is 24.7 Å². The number of amides is 1. The first kappa shape index (κ1) is 16.0. The number of nitrogens with zero attached hydrogens (tertiary/aromatic N) is 3. The fourth-order valence-corrected chi connectivity index (χ4v) is 1.87. The number of carbonyl (C=O) groups excluding carboxylic acids is 1. The molecule has 1 heterocycles. The van der Waals surface area contributed by atoms with Crippen LogP contribution in [-0.4, -0.2) is 51.6 Å². The zero-order valence-electron chi connectivity index (χ0n) is 11.7. The van der Waals surface area contributed by atoms with Crippen molar-refractivity contribution >= 4 is 5.91 Å². The molecule has 0 radical (unpaired) electrons. The number of hydrogen-bond acceptors (Lipinski definition) is 3. The van der Waals surface area contributed by atoms with Crippen molar-refractivity contribution in [1.29, 1.82) is 0 Å². The second-order valence-electron chi connectivity index (χ2n) is 4.74. The fraction of sp³-hybridized carbons (Fsp3) is 0.286. The molecule has 118 valence electrons.